The van der Waals surface area contributed by atoms with Gasteiger partial charge in [0.05, 0.1) is 6.04 Å². The van der Waals surface area contributed by atoms with Gasteiger partial charge >= 0.3 is 0 Å². The summed E-state index contributed by atoms with van der Waals surface area (Å²) in [6.45, 7) is 3.56. The molecule has 2 N–H and O–H groups in total. The second-order valence-electron chi connectivity index (χ2n) is 4.68. The fourth-order valence-corrected chi connectivity index (χ4v) is 1.88. The van der Waals surface area contributed by atoms with Gasteiger partial charge in [-0.3, -0.25) is 4.79 Å². The molecule has 0 aliphatic carbocycles. The zero-order valence-corrected chi connectivity index (χ0v) is 12.0. The van der Waals surface area contributed by atoms with Crippen LogP contribution < -0.4 is 5.32 Å². The van der Waals surface area contributed by atoms with Crippen molar-refractivity contribution in [1.82, 2.24) is 5.32 Å². The first-order valence-electron chi connectivity index (χ1n) is 6.67. The van der Waals surface area contributed by atoms with Gasteiger partial charge in [0.15, 0.2) is 0 Å². The minimum absolute atomic E-state index is 0.168. The lowest BCUT2D eigenvalue weighted by Crippen LogP contribution is -2.26. The molecule has 4 heteroatoms. The molecule has 0 bridgehead atoms. The molecule has 108 valence electrons. The number of benzene rings is 1. The Morgan fingerprint density at radius 1 is 1.29 bits per heavy atom. The molecule has 1 heterocycles. The molecule has 0 spiro atoms. The average Bonchev–Trinajstić information content (AvgIpc) is 2.92. The van der Waals surface area contributed by atoms with E-state index in [0.29, 0.717) is 5.56 Å². The van der Waals surface area contributed by atoms with Crippen molar-refractivity contribution in [3.05, 3.63) is 59.0 Å². The largest absolute Gasteiger partial charge is 0.464 e. The summed E-state index contributed by atoms with van der Waals surface area (Å²) in [5.74, 6) is 6.72. The molecule has 0 saturated carbocycles. The molecule has 4 nitrogen and oxygen atoms in total. The maximum Gasteiger partial charge on any atom is 0.251 e. The van der Waals surface area contributed by atoms with Crippen LogP contribution >= 0.6 is 0 Å². The topological polar surface area (TPSA) is 62.5 Å². The Bertz CT molecular complexity index is 674. The maximum absolute atomic E-state index is 12.1. The third kappa shape index (κ3) is 3.98. The van der Waals surface area contributed by atoms with E-state index in [1.54, 1.807) is 24.3 Å². The summed E-state index contributed by atoms with van der Waals surface area (Å²) in [5, 5.41) is 11.5. The third-order valence-electron chi connectivity index (χ3n) is 2.99. The Hall–Kier alpha value is -2.51. The Balaban J connectivity index is 2.03. The number of rotatable bonds is 3. The summed E-state index contributed by atoms with van der Waals surface area (Å²) in [6.07, 6.45) is 0. The molecule has 1 amide bonds. The minimum atomic E-state index is -0.194. The van der Waals surface area contributed by atoms with Crippen LogP contribution in [0.3, 0.4) is 0 Å². The summed E-state index contributed by atoms with van der Waals surface area (Å²) in [7, 11) is 0. The summed E-state index contributed by atoms with van der Waals surface area (Å²) in [5.41, 5.74) is 1.31. The summed E-state index contributed by atoms with van der Waals surface area (Å²) >= 11 is 0. The van der Waals surface area contributed by atoms with Crippen molar-refractivity contribution in [2.24, 2.45) is 0 Å². The van der Waals surface area contributed by atoms with E-state index in [-0.39, 0.29) is 18.6 Å². The van der Waals surface area contributed by atoms with Crippen LogP contribution in [0.4, 0.5) is 0 Å². The van der Waals surface area contributed by atoms with E-state index in [1.807, 2.05) is 26.0 Å². The number of carbonyl (C=O) groups excluding carboxylic acids is 1. The van der Waals surface area contributed by atoms with Gasteiger partial charge in [-0.25, -0.2) is 0 Å². The van der Waals surface area contributed by atoms with Gasteiger partial charge in [-0.1, -0.05) is 11.8 Å². The maximum atomic E-state index is 12.1. The predicted molar refractivity (Wildman–Crippen MR) is 79.7 cm³/mol. The first-order valence-corrected chi connectivity index (χ1v) is 6.67. The number of furan rings is 1. The number of nitrogens with one attached hydrogen (secondary N) is 1. The van der Waals surface area contributed by atoms with E-state index in [1.165, 1.54) is 0 Å². The molecule has 1 unspecified atom stereocenters. The summed E-state index contributed by atoms with van der Waals surface area (Å²) < 4.78 is 5.49. The number of carbonyl (C=O) groups is 1. The van der Waals surface area contributed by atoms with Crippen molar-refractivity contribution >= 4 is 5.91 Å². The number of hydrogen-bond acceptors (Lipinski definition) is 3. The lowest BCUT2D eigenvalue weighted by molar-refractivity contribution is 0.0935. The van der Waals surface area contributed by atoms with Crippen LogP contribution in [0.5, 0.6) is 0 Å². The Morgan fingerprint density at radius 3 is 2.57 bits per heavy atom. The smallest absolute Gasteiger partial charge is 0.251 e. The highest BCUT2D eigenvalue weighted by Crippen LogP contribution is 2.16. The van der Waals surface area contributed by atoms with Crippen molar-refractivity contribution < 1.29 is 14.3 Å². The number of amides is 1. The lowest BCUT2D eigenvalue weighted by Gasteiger charge is -2.11. The highest BCUT2D eigenvalue weighted by atomic mass is 16.3. The summed E-state index contributed by atoms with van der Waals surface area (Å²) in [6, 6.07) is 10.4. The fraction of sp³-hybridized carbons (Fsp3) is 0.235. The zero-order valence-electron chi connectivity index (χ0n) is 12.0. The Labute approximate surface area is 123 Å². The van der Waals surface area contributed by atoms with Gasteiger partial charge in [-0.05, 0) is 50.2 Å². The molecule has 0 radical (unpaired) electrons. The van der Waals surface area contributed by atoms with E-state index in [2.05, 4.69) is 17.2 Å². The van der Waals surface area contributed by atoms with Crippen molar-refractivity contribution in [1.29, 1.82) is 0 Å². The second kappa shape index (κ2) is 6.78. The van der Waals surface area contributed by atoms with E-state index in [0.717, 1.165) is 17.1 Å². The van der Waals surface area contributed by atoms with Crippen molar-refractivity contribution in [3.63, 3.8) is 0 Å². The first-order chi connectivity index (χ1) is 10.1. The van der Waals surface area contributed by atoms with Crippen molar-refractivity contribution in [3.8, 4) is 11.8 Å². The second-order valence-corrected chi connectivity index (χ2v) is 4.68. The van der Waals surface area contributed by atoms with E-state index >= 15 is 0 Å². The predicted octanol–water partition coefficient (Wildman–Crippen LogP) is 2.42. The number of aliphatic hydroxyl groups is 1. The number of aryl methyl sites for hydroxylation is 1. The number of aliphatic hydroxyl groups excluding tert-OH is 1. The molecule has 2 rings (SSSR count). The molecular weight excluding hydrogens is 266 g/mol. The van der Waals surface area contributed by atoms with Crippen LogP contribution in [-0.2, 0) is 0 Å². The molecule has 0 fully saturated rings. The van der Waals surface area contributed by atoms with Crippen LogP contribution in [0.25, 0.3) is 0 Å². The monoisotopic (exact) mass is 283 g/mol. The van der Waals surface area contributed by atoms with E-state index in [4.69, 9.17) is 9.52 Å². The van der Waals surface area contributed by atoms with Crippen LogP contribution in [0, 0.1) is 18.8 Å². The third-order valence-corrected chi connectivity index (χ3v) is 2.99. The molecular formula is C17H17NO3. The standard InChI is InChI=1S/C17H17NO3/c1-12-5-10-16(21-12)13(2)18-17(20)15-8-6-14(7-9-15)4-3-11-19/h5-10,13,19H,11H2,1-2H3,(H,18,20). The fourth-order valence-electron chi connectivity index (χ4n) is 1.88. The van der Waals surface area contributed by atoms with Gasteiger partial charge in [0.2, 0.25) is 0 Å². The van der Waals surface area contributed by atoms with Gasteiger partial charge in [-0.2, -0.15) is 0 Å². The average molecular weight is 283 g/mol. The highest BCUT2D eigenvalue weighted by Gasteiger charge is 2.13. The highest BCUT2D eigenvalue weighted by molar-refractivity contribution is 5.94. The molecule has 21 heavy (non-hydrogen) atoms. The first kappa shape index (κ1) is 14.9. The SMILES string of the molecule is Cc1ccc(C(C)NC(=O)c2ccc(C#CCO)cc2)o1. The van der Waals surface area contributed by atoms with Gasteiger partial charge in [0.25, 0.3) is 5.91 Å². The van der Waals surface area contributed by atoms with Gasteiger partial charge in [-0.15, -0.1) is 0 Å². The molecule has 2 aromatic rings. The van der Waals surface area contributed by atoms with Crippen LogP contribution in [-0.4, -0.2) is 17.6 Å². The molecule has 1 aromatic carbocycles. The molecule has 0 aliphatic rings. The molecule has 1 atom stereocenters. The van der Waals surface area contributed by atoms with Crippen LogP contribution in [0.2, 0.25) is 0 Å². The molecule has 0 saturated heterocycles. The summed E-state index contributed by atoms with van der Waals surface area (Å²) in [4.78, 5) is 12.1. The molecule has 0 aliphatic heterocycles. The zero-order chi connectivity index (χ0) is 15.2. The van der Waals surface area contributed by atoms with Gasteiger partial charge in [0.1, 0.15) is 18.1 Å². The molecule has 1 aromatic heterocycles. The van der Waals surface area contributed by atoms with E-state index < -0.39 is 0 Å². The van der Waals surface area contributed by atoms with Gasteiger partial charge < -0.3 is 14.8 Å². The normalized spacial score (nSPS) is 11.4. The van der Waals surface area contributed by atoms with Gasteiger partial charge in [0, 0.05) is 11.1 Å². The van der Waals surface area contributed by atoms with Crippen LogP contribution in [0.15, 0.2) is 40.8 Å². The van der Waals surface area contributed by atoms with Crippen LogP contribution in [0.1, 0.15) is 40.4 Å². The van der Waals surface area contributed by atoms with Crippen molar-refractivity contribution in [2.45, 2.75) is 19.9 Å². The quantitative estimate of drug-likeness (QED) is 0.850. The minimum Gasteiger partial charge on any atom is -0.464 e. The van der Waals surface area contributed by atoms with E-state index in [9.17, 15) is 4.79 Å². The lowest BCUT2D eigenvalue weighted by atomic mass is 10.1. The Kier molecular flexibility index (Phi) is 4.81. The van der Waals surface area contributed by atoms with Crippen molar-refractivity contribution in [2.75, 3.05) is 6.61 Å². The Morgan fingerprint density at radius 2 is 2.00 bits per heavy atom. The number of hydrogen-bond donors (Lipinski definition) is 2.